The normalized spacial score (nSPS) is 9.40. The molecule has 0 aliphatic heterocycles. The van der Waals surface area contributed by atoms with Gasteiger partial charge in [0.1, 0.15) is 16.2 Å². The van der Waals surface area contributed by atoms with Gasteiger partial charge in [0.25, 0.3) is 0 Å². The highest BCUT2D eigenvalue weighted by Gasteiger charge is 1.95. The number of nitrogens with zero attached hydrogens (tertiary/aromatic N) is 10. The largest absolute Gasteiger partial charge is 0.261 e. The third-order valence-electron chi connectivity index (χ3n) is 10.7. The zero-order valence-electron chi connectivity index (χ0n) is 51.9. The van der Waals surface area contributed by atoms with Crippen LogP contribution in [0.5, 0.6) is 0 Å². The molecule has 0 atom stereocenters. The topological polar surface area (TPSA) is 129 Å². The number of aromatic nitrogens is 10. The predicted octanol–water partition coefficient (Wildman–Crippen LogP) is 18.6. The van der Waals surface area contributed by atoms with E-state index in [1.54, 1.807) is 36.7 Å². The van der Waals surface area contributed by atoms with Gasteiger partial charge >= 0.3 is 0 Å². The first kappa shape index (κ1) is 72.7. The van der Waals surface area contributed by atoms with Crippen molar-refractivity contribution in [2.45, 2.75) is 138 Å². The van der Waals surface area contributed by atoms with Gasteiger partial charge in [0, 0.05) is 70.4 Å². The number of benzene rings is 3. The van der Waals surface area contributed by atoms with Crippen LogP contribution in [0.2, 0.25) is 5.02 Å². The molecule has 0 bridgehead atoms. The highest BCUT2D eigenvalue weighted by atomic mass is 79.9. The maximum Gasteiger partial charge on any atom is 0.126 e. The van der Waals surface area contributed by atoms with E-state index in [9.17, 15) is 4.39 Å². The Hall–Kier alpha value is -7.32. The molecule has 7 aromatic heterocycles. The number of halogens is 3. The van der Waals surface area contributed by atoms with Crippen molar-refractivity contribution in [2.75, 3.05) is 0 Å². The fourth-order valence-corrected chi connectivity index (χ4v) is 6.88. The number of rotatable bonds is 0. The second kappa shape index (κ2) is 40.8. The molecule has 0 saturated heterocycles. The average molecular weight is 1210 g/mol. The summed E-state index contributed by atoms with van der Waals surface area (Å²) in [6.45, 7) is 39.5. The smallest absolute Gasteiger partial charge is 0.126 e. The minimum absolute atomic E-state index is 0.116. The highest BCUT2D eigenvalue weighted by Crippen LogP contribution is 2.16. The van der Waals surface area contributed by atoms with E-state index >= 15 is 0 Å². The van der Waals surface area contributed by atoms with Gasteiger partial charge in [-0.1, -0.05) is 89.5 Å². The van der Waals surface area contributed by atoms with E-state index < -0.39 is 0 Å². The van der Waals surface area contributed by atoms with Crippen molar-refractivity contribution in [3.63, 3.8) is 0 Å². The van der Waals surface area contributed by atoms with Gasteiger partial charge in [-0.3, -0.25) is 19.9 Å². The van der Waals surface area contributed by atoms with Crippen molar-refractivity contribution >= 4 is 38.9 Å². The van der Waals surface area contributed by atoms with Crippen LogP contribution in [0.3, 0.4) is 0 Å². The van der Waals surface area contributed by atoms with Gasteiger partial charge in [-0.05, 0) is 241 Å². The van der Waals surface area contributed by atoms with Gasteiger partial charge in [-0.25, -0.2) is 24.3 Å². The lowest BCUT2D eigenvalue weighted by Crippen LogP contribution is -1.86. The first-order valence-electron chi connectivity index (χ1n) is 26.7. The standard InChI is InChI=1S/C8H9Cl.C8H9F.C8H10.C7H8BrN.2C7H9N.3C6H8N2.C5H7NS/c2*1-6-3-4-7(2)8(9)5-6;1-7-3-5-8(2)6-4-7;1-5-3-4-6(2)9-7(5)8;2*1-6-3-4-7(2)8-5-6;1-5-3-8-6(2)4-7-5;1-5-3-7-6(2)8-4-5;1-5-3-4-6(2)8-7-5;1-4-3-6-5(2)7-4/h2*3-5H,1-2H3;3-6H,1-2H3;3-4H,1-2H3;2*3-5H,1-2H3;3*3-4H,1-2H3;3H,1-2H3. The highest BCUT2D eigenvalue weighted by molar-refractivity contribution is 9.10. The van der Waals surface area contributed by atoms with Crippen molar-refractivity contribution in [1.29, 1.82) is 0 Å². The molecule has 0 spiro atoms. The molecule has 0 aliphatic carbocycles. The Bertz CT molecular complexity index is 2700. The monoisotopic (exact) mass is 1210 g/mol. The summed E-state index contributed by atoms with van der Waals surface area (Å²) >= 11 is 10.9. The Kier molecular flexibility index (Phi) is 36.2. The quantitative estimate of drug-likeness (QED) is 0.135. The van der Waals surface area contributed by atoms with Crippen LogP contribution in [0.15, 0.2) is 157 Å². The van der Waals surface area contributed by atoms with Gasteiger partial charge in [0.2, 0.25) is 0 Å². The third-order valence-corrected chi connectivity index (χ3v) is 12.7. The van der Waals surface area contributed by atoms with Gasteiger partial charge in [0.15, 0.2) is 0 Å². The SMILES string of the molecule is Cc1ccc(C)c(Br)n1.Cc1ccc(C)c(Cl)c1.Cc1ccc(C)c(F)c1.Cc1ccc(C)cc1.Cc1ccc(C)nc1.Cc1ccc(C)nc1.Cc1ccc(C)nn1.Cc1cnc(C)cn1.Cc1cnc(C)nc1.Cc1cnc(C)s1. The number of hydrogen-bond donors (Lipinski definition) is 0. The molecule has 10 aromatic rings. The van der Waals surface area contributed by atoms with Crippen LogP contribution in [0.1, 0.15) is 111 Å². The Morgan fingerprint density at radius 2 is 0.720 bits per heavy atom. The molecule has 14 heteroatoms. The van der Waals surface area contributed by atoms with Crippen LogP contribution in [-0.4, -0.2) is 50.1 Å². The fourth-order valence-electron chi connectivity index (χ4n) is 5.56. The Labute approximate surface area is 507 Å². The van der Waals surface area contributed by atoms with Crippen LogP contribution in [0, 0.1) is 144 Å². The van der Waals surface area contributed by atoms with Crippen LogP contribution in [0.4, 0.5) is 4.39 Å². The van der Waals surface area contributed by atoms with Crippen molar-refractivity contribution in [3.05, 3.63) is 279 Å². The molecule has 0 aliphatic rings. The van der Waals surface area contributed by atoms with Crippen molar-refractivity contribution < 1.29 is 4.39 Å². The molecule has 0 amide bonds. The first-order chi connectivity index (χ1) is 38.6. The fraction of sp³-hybridized carbons (Fsp3) is 0.294. The zero-order valence-corrected chi connectivity index (χ0v) is 55.1. The third kappa shape index (κ3) is 36.8. The van der Waals surface area contributed by atoms with E-state index in [1.165, 1.54) is 44.3 Å². The lowest BCUT2D eigenvalue weighted by molar-refractivity contribution is 0.617. The van der Waals surface area contributed by atoms with E-state index in [0.717, 1.165) is 77.0 Å². The number of pyridine rings is 3. The summed E-state index contributed by atoms with van der Waals surface area (Å²) in [7, 11) is 0. The molecular formula is C68H85BrClFN10S. The lowest BCUT2D eigenvalue weighted by Gasteiger charge is -1.96. The molecule has 10 nitrogen and oxygen atoms in total. The van der Waals surface area contributed by atoms with E-state index in [2.05, 4.69) is 129 Å². The molecule has 0 N–H and O–H groups in total. The number of hydrogen-bond acceptors (Lipinski definition) is 11. The van der Waals surface area contributed by atoms with E-state index in [1.807, 2.05) is 196 Å². The molecule has 0 fully saturated rings. The Morgan fingerprint density at radius 3 is 1.01 bits per heavy atom. The summed E-state index contributed by atoms with van der Waals surface area (Å²) in [6.07, 6.45) is 12.8. The van der Waals surface area contributed by atoms with E-state index in [0.29, 0.717) is 5.56 Å². The summed E-state index contributed by atoms with van der Waals surface area (Å²) in [5, 5.41) is 9.66. The van der Waals surface area contributed by atoms with E-state index in [4.69, 9.17) is 11.6 Å². The Morgan fingerprint density at radius 1 is 0.341 bits per heavy atom. The summed E-state index contributed by atoms with van der Waals surface area (Å²) in [5.41, 5.74) is 18.5. The maximum absolute atomic E-state index is 12.6. The average Bonchev–Trinajstić information content (AvgIpc) is 3.83. The molecule has 434 valence electrons. The van der Waals surface area contributed by atoms with Crippen molar-refractivity contribution in [2.24, 2.45) is 0 Å². The predicted molar refractivity (Wildman–Crippen MR) is 348 cm³/mol. The number of thiazole rings is 1. The molecule has 0 unspecified atom stereocenters. The van der Waals surface area contributed by atoms with Gasteiger partial charge in [0.05, 0.1) is 27.8 Å². The van der Waals surface area contributed by atoms with Gasteiger partial charge in [-0.15, -0.1) is 11.3 Å². The lowest BCUT2D eigenvalue weighted by atomic mass is 10.2. The first-order valence-corrected chi connectivity index (χ1v) is 28.6. The number of aryl methyl sites for hydroxylation is 20. The van der Waals surface area contributed by atoms with Crippen LogP contribution >= 0.6 is 38.9 Å². The molecule has 0 radical (unpaired) electrons. The van der Waals surface area contributed by atoms with E-state index in [-0.39, 0.29) is 5.82 Å². The Balaban J connectivity index is 0.000000456. The molecular weight excluding hydrogens is 1120 g/mol. The minimum Gasteiger partial charge on any atom is -0.261 e. The molecule has 82 heavy (non-hydrogen) atoms. The van der Waals surface area contributed by atoms with Crippen molar-refractivity contribution in [3.8, 4) is 0 Å². The molecule has 7 heterocycles. The summed E-state index contributed by atoms with van der Waals surface area (Å²) < 4.78 is 13.5. The summed E-state index contributed by atoms with van der Waals surface area (Å²) in [6, 6.07) is 35.8. The molecule has 3 aromatic carbocycles. The van der Waals surface area contributed by atoms with Crippen LogP contribution < -0.4 is 0 Å². The van der Waals surface area contributed by atoms with Gasteiger partial charge < -0.3 is 0 Å². The molecule has 0 saturated carbocycles. The summed E-state index contributed by atoms with van der Waals surface area (Å²) in [5.74, 6) is 0.714. The second-order valence-electron chi connectivity index (χ2n) is 19.6. The minimum atomic E-state index is -0.116. The van der Waals surface area contributed by atoms with Crippen LogP contribution in [0.25, 0.3) is 0 Å². The van der Waals surface area contributed by atoms with Crippen LogP contribution in [-0.2, 0) is 0 Å². The maximum atomic E-state index is 12.6. The van der Waals surface area contributed by atoms with Crippen molar-refractivity contribution in [1.82, 2.24) is 50.1 Å². The second-order valence-corrected chi connectivity index (χ2v) is 22.2. The van der Waals surface area contributed by atoms with Gasteiger partial charge in [-0.2, -0.15) is 10.2 Å². The molecule has 10 rings (SSSR count). The summed E-state index contributed by atoms with van der Waals surface area (Å²) in [4.78, 5) is 33.6. The zero-order chi connectivity index (χ0) is 61.7.